The smallest absolute Gasteiger partial charge is 0.320 e. The van der Waals surface area contributed by atoms with Crippen LogP contribution in [0.2, 0.25) is 0 Å². The van der Waals surface area contributed by atoms with E-state index in [4.69, 9.17) is 15.6 Å². The number of aliphatic carboxylic acids is 1. The molecule has 38 heavy (non-hydrogen) atoms. The van der Waals surface area contributed by atoms with E-state index in [1.54, 1.807) is 36.4 Å². The van der Waals surface area contributed by atoms with Crippen molar-refractivity contribution in [1.29, 1.82) is 0 Å². The van der Waals surface area contributed by atoms with Crippen LogP contribution in [0.15, 0.2) is 83.8 Å². The molecule has 0 saturated carbocycles. The van der Waals surface area contributed by atoms with E-state index in [-0.39, 0.29) is 36.4 Å². The highest BCUT2D eigenvalue weighted by Gasteiger charge is 2.52. The van der Waals surface area contributed by atoms with E-state index in [0.717, 1.165) is 5.56 Å². The molecule has 1 atom stereocenters. The van der Waals surface area contributed by atoms with Crippen molar-refractivity contribution in [2.45, 2.75) is 42.8 Å². The Balaban J connectivity index is 1.55. The van der Waals surface area contributed by atoms with Gasteiger partial charge in [0.1, 0.15) is 11.8 Å². The van der Waals surface area contributed by atoms with E-state index in [9.17, 15) is 18.0 Å². The van der Waals surface area contributed by atoms with Crippen LogP contribution in [-0.4, -0.2) is 54.9 Å². The van der Waals surface area contributed by atoms with Crippen molar-refractivity contribution in [2.24, 2.45) is 5.73 Å². The lowest BCUT2D eigenvalue weighted by Crippen LogP contribution is -2.64. The van der Waals surface area contributed by atoms with Crippen molar-refractivity contribution >= 4 is 21.9 Å². The molecule has 0 spiro atoms. The molecule has 4 rings (SSSR count). The Hall–Kier alpha value is -3.73. The van der Waals surface area contributed by atoms with E-state index in [1.807, 2.05) is 44.2 Å². The number of hydrogen-bond donors (Lipinski definition) is 3. The van der Waals surface area contributed by atoms with Gasteiger partial charge in [-0.3, -0.25) is 9.59 Å². The van der Waals surface area contributed by atoms with Gasteiger partial charge in [-0.25, -0.2) is 8.42 Å². The normalized spacial score (nSPS) is 15.9. The van der Waals surface area contributed by atoms with Crippen LogP contribution in [0.1, 0.15) is 35.3 Å². The van der Waals surface area contributed by atoms with E-state index in [0.29, 0.717) is 16.9 Å². The maximum atomic E-state index is 13.4. The SMILES string of the molecule is CC(C)NC(=O)c1ccc(OC2(c3ccccc3)CN(S(=O)(=O)c3cccc(C[C@H](N)C(=O)O)c3)C2)cc1. The molecule has 0 aliphatic carbocycles. The first-order valence-electron chi connectivity index (χ1n) is 12.2. The van der Waals surface area contributed by atoms with E-state index in [1.165, 1.54) is 16.4 Å². The molecule has 0 radical (unpaired) electrons. The molecule has 1 amide bonds. The van der Waals surface area contributed by atoms with Crippen molar-refractivity contribution in [3.63, 3.8) is 0 Å². The Labute approximate surface area is 222 Å². The summed E-state index contributed by atoms with van der Waals surface area (Å²) in [5.41, 5.74) is 6.56. The summed E-state index contributed by atoms with van der Waals surface area (Å²) in [6.45, 7) is 3.93. The molecule has 10 heteroatoms. The van der Waals surface area contributed by atoms with Crippen LogP contribution in [-0.2, 0) is 26.8 Å². The highest BCUT2D eigenvalue weighted by atomic mass is 32.2. The highest BCUT2D eigenvalue weighted by Crippen LogP contribution is 2.40. The summed E-state index contributed by atoms with van der Waals surface area (Å²) >= 11 is 0. The number of carbonyl (C=O) groups excluding carboxylic acids is 1. The van der Waals surface area contributed by atoms with E-state index >= 15 is 0 Å². The van der Waals surface area contributed by atoms with Gasteiger partial charge in [-0.15, -0.1) is 0 Å². The first kappa shape index (κ1) is 27.3. The van der Waals surface area contributed by atoms with Crippen molar-refractivity contribution in [1.82, 2.24) is 9.62 Å². The minimum Gasteiger partial charge on any atom is -0.480 e. The third kappa shape index (κ3) is 5.88. The number of amides is 1. The molecule has 0 bridgehead atoms. The quantitative estimate of drug-likeness (QED) is 0.361. The number of carboxylic acid groups (broad SMARTS) is 1. The molecule has 9 nitrogen and oxygen atoms in total. The molecular formula is C28H31N3O6S. The number of nitrogens with zero attached hydrogens (tertiary/aromatic N) is 1. The number of ether oxygens (including phenoxy) is 1. The Morgan fingerprint density at radius 2 is 1.68 bits per heavy atom. The zero-order valence-electron chi connectivity index (χ0n) is 21.2. The van der Waals surface area contributed by atoms with Crippen molar-refractivity contribution in [3.05, 3.63) is 95.6 Å². The standard InChI is InChI=1S/C28H31N3O6S/c1-19(2)30-26(32)21-11-13-23(14-12-21)37-28(22-8-4-3-5-9-22)17-31(18-28)38(35,36)24-10-6-7-20(15-24)16-25(29)27(33)34/h3-15,19,25H,16-18,29H2,1-2H3,(H,30,32)(H,33,34)/t25-/m0/s1. The summed E-state index contributed by atoms with van der Waals surface area (Å²) in [6, 6.07) is 21.2. The topological polar surface area (TPSA) is 139 Å². The number of hydrogen-bond acceptors (Lipinski definition) is 6. The summed E-state index contributed by atoms with van der Waals surface area (Å²) in [6.07, 6.45) is 0.0148. The number of benzene rings is 3. The first-order chi connectivity index (χ1) is 18.0. The number of nitrogens with two attached hydrogens (primary N) is 1. The van der Waals surface area contributed by atoms with Gasteiger partial charge in [-0.2, -0.15) is 4.31 Å². The fourth-order valence-corrected chi connectivity index (χ4v) is 5.92. The van der Waals surface area contributed by atoms with Crippen molar-refractivity contribution in [3.8, 4) is 5.75 Å². The van der Waals surface area contributed by atoms with Crippen LogP contribution in [0.3, 0.4) is 0 Å². The fourth-order valence-electron chi connectivity index (χ4n) is 4.31. The predicted molar refractivity (Wildman–Crippen MR) is 142 cm³/mol. The maximum Gasteiger partial charge on any atom is 0.320 e. The molecular weight excluding hydrogens is 506 g/mol. The minimum atomic E-state index is -3.87. The number of nitrogens with one attached hydrogen (secondary N) is 1. The average Bonchev–Trinajstić information content (AvgIpc) is 2.86. The van der Waals surface area contributed by atoms with Gasteiger partial charge < -0.3 is 20.9 Å². The highest BCUT2D eigenvalue weighted by molar-refractivity contribution is 7.89. The second-order valence-corrected chi connectivity index (χ2v) is 11.6. The average molecular weight is 538 g/mol. The molecule has 1 heterocycles. The minimum absolute atomic E-state index is 0.0114. The van der Waals surface area contributed by atoms with Crippen LogP contribution in [0.5, 0.6) is 5.75 Å². The lowest BCUT2D eigenvalue weighted by Gasteiger charge is -2.48. The van der Waals surface area contributed by atoms with Gasteiger partial charge in [0.05, 0.1) is 18.0 Å². The lowest BCUT2D eigenvalue weighted by atomic mass is 9.87. The predicted octanol–water partition coefficient (Wildman–Crippen LogP) is 2.76. The molecule has 3 aromatic rings. The Kier molecular flexibility index (Phi) is 7.86. The summed E-state index contributed by atoms with van der Waals surface area (Å²) < 4.78 is 34.6. The first-order valence-corrected chi connectivity index (χ1v) is 13.7. The van der Waals surface area contributed by atoms with Gasteiger partial charge in [0.2, 0.25) is 10.0 Å². The molecule has 1 fully saturated rings. The molecule has 1 aliphatic rings. The maximum absolute atomic E-state index is 13.4. The molecule has 3 aromatic carbocycles. The number of rotatable bonds is 10. The second-order valence-electron chi connectivity index (χ2n) is 9.68. The Morgan fingerprint density at radius 1 is 1.03 bits per heavy atom. The van der Waals surface area contributed by atoms with Gasteiger partial charge >= 0.3 is 5.97 Å². The van der Waals surface area contributed by atoms with Crippen LogP contribution in [0.25, 0.3) is 0 Å². The lowest BCUT2D eigenvalue weighted by molar-refractivity contribution is -0.138. The Morgan fingerprint density at radius 3 is 2.29 bits per heavy atom. The summed E-state index contributed by atoms with van der Waals surface area (Å²) in [7, 11) is -3.87. The van der Waals surface area contributed by atoms with E-state index < -0.39 is 27.6 Å². The van der Waals surface area contributed by atoms with Crippen LogP contribution in [0.4, 0.5) is 0 Å². The summed E-state index contributed by atoms with van der Waals surface area (Å²) in [5.74, 6) is -0.826. The number of carbonyl (C=O) groups is 2. The largest absolute Gasteiger partial charge is 0.480 e. The number of sulfonamides is 1. The molecule has 4 N–H and O–H groups in total. The third-order valence-corrected chi connectivity index (χ3v) is 8.11. The van der Waals surface area contributed by atoms with Gasteiger partial charge in [0, 0.05) is 11.6 Å². The van der Waals surface area contributed by atoms with Gasteiger partial charge in [-0.05, 0) is 67.8 Å². The Bertz CT molecular complexity index is 1400. The van der Waals surface area contributed by atoms with Crippen LogP contribution in [0, 0.1) is 0 Å². The summed E-state index contributed by atoms with van der Waals surface area (Å²) in [4.78, 5) is 23.5. The van der Waals surface area contributed by atoms with Crippen LogP contribution < -0.4 is 15.8 Å². The third-order valence-electron chi connectivity index (χ3n) is 6.32. The van der Waals surface area contributed by atoms with Gasteiger partial charge in [0.15, 0.2) is 5.60 Å². The summed E-state index contributed by atoms with van der Waals surface area (Å²) in [5, 5.41) is 11.9. The molecule has 0 unspecified atom stereocenters. The van der Waals surface area contributed by atoms with Gasteiger partial charge in [0.25, 0.3) is 5.91 Å². The van der Waals surface area contributed by atoms with Crippen molar-refractivity contribution < 1.29 is 27.9 Å². The zero-order chi connectivity index (χ0) is 27.5. The zero-order valence-corrected chi connectivity index (χ0v) is 22.0. The molecule has 0 aromatic heterocycles. The van der Waals surface area contributed by atoms with Crippen LogP contribution >= 0.6 is 0 Å². The van der Waals surface area contributed by atoms with E-state index in [2.05, 4.69) is 5.32 Å². The van der Waals surface area contributed by atoms with Gasteiger partial charge in [-0.1, -0.05) is 42.5 Å². The fraction of sp³-hybridized carbons (Fsp3) is 0.286. The molecule has 200 valence electrons. The van der Waals surface area contributed by atoms with Crippen molar-refractivity contribution in [2.75, 3.05) is 13.1 Å². The second kappa shape index (κ2) is 10.9. The number of carboxylic acids is 1. The molecule has 1 saturated heterocycles. The monoisotopic (exact) mass is 537 g/mol. The molecule has 1 aliphatic heterocycles.